The first-order chi connectivity index (χ1) is 6.99. The van der Waals surface area contributed by atoms with Crippen LogP contribution in [0, 0.1) is 17.0 Å². The summed E-state index contributed by atoms with van der Waals surface area (Å²) >= 11 is 0. The van der Waals surface area contributed by atoms with Gasteiger partial charge in [0.1, 0.15) is 5.75 Å². The molecule has 0 fully saturated rings. The van der Waals surface area contributed by atoms with Crippen molar-refractivity contribution < 1.29 is 19.6 Å². The second-order valence-corrected chi connectivity index (χ2v) is 2.94. The maximum atomic E-state index is 10.5. The molecule has 0 aliphatic rings. The van der Waals surface area contributed by atoms with Crippen LogP contribution in [0.25, 0.3) is 0 Å². The van der Waals surface area contributed by atoms with E-state index in [4.69, 9.17) is 9.84 Å². The Morgan fingerprint density at radius 2 is 2.20 bits per heavy atom. The second-order valence-electron chi connectivity index (χ2n) is 2.94. The highest BCUT2D eigenvalue weighted by molar-refractivity contribution is 5.68. The van der Waals surface area contributed by atoms with Crippen LogP contribution in [0.2, 0.25) is 0 Å². The fourth-order valence-electron chi connectivity index (χ4n) is 1.06. The Hall–Kier alpha value is -2.11. The molecule has 0 heterocycles. The summed E-state index contributed by atoms with van der Waals surface area (Å²) in [6.07, 6.45) is 0. The predicted octanol–water partition coefficient (Wildman–Crippen LogP) is 1.37. The Morgan fingerprint density at radius 1 is 1.53 bits per heavy atom. The first-order valence-corrected chi connectivity index (χ1v) is 4.09. The summed E-state index contributed by atoms with van der Waals surface area (Å²) in [5.41, 5.74) is 0.528. The monoisotopic (exact) mass is 211 g/mol. The van der Waals surface area contributed by atoms with Crippen molar-refractivity contribution >= 4 is 11.7 Å². The number of benzene rings is 1. The first-order valence-electron chi connectivity index (χ1n) is 4.09. The van der Waals surface area contributed by atoms with Crippen molar-refractivity contribution in [3.63, 3.8) is 0 Å². The van der Waals surface area contributed by atoms with Crippen molar-refractivity contribution in [2.45, 2.75) is 6.92 Å². The maximum Gasteiger partial charge on any atom is 0.341 e. The Morgan fingerprint density at radius 3 is 2.73 bits per heavy atom. The SMILES string of the molecule is Cc1cc(OCC(=O)O)cc([N+](=O)[O-])c1. The van der Waals surface area contributed by atoms with Gasteiger partial charge in [-0.15, -0.1) is 0 Å². The van der Waals surface area contributed by atoms with Crippen LogP contribution in [0.4, 0.5) is 5.69 Å². The topological polar surface area (TPSA) is 89.7 Å². The molecule has 6 nitrogen and oxygen atoms in total. The molecule has 0 bridgehead atoms. The smallest absolute Gasteiger partial charge is 0.341 e. The molecule has 1 N–H and O–H groups in total. The number of carboxylic acids is 1. The molecule has 0 aliphatic carbocycles. The van der Waals surface area contributed by atoms with E-state index in [0.717, 1.165) is 0 Å². The third kappa shape index (κ3) is 3.26. The number of ether oxygens (including phenoxy) is 1. The second kappa shape index (κ2) is 4.41. The van der Waals surface area contributed by atoms with Crippen LogP contribution in [0.5, 0.6) is 5.75 Å². The minimum Gasteiger partial charge on any atom is -0.482 e. The minimum atomic E-state index is -1.13. The summed E-state index contributed by atoms with van der Waals surface area (Å²) in [5, 5.41) is 18.8. The van der Waals surface area contributed by atoms with E-state index in [1.165, 1.54) is 18.2 Å². The Kier molecular flexibility index (Phi) is 3.22. The summed E-state index contributed by atoms with van der Waals surface area (Å²) in [6.45, 7) is 1.15. The molecule has 6 heteroatoms. The fraction of sp³-hybridized carbons (Fsp3) is 0.222. The van der Waals surface area contributed by atoms with E-state index in [1.807, 2.05) is 0 Å². The predicted molar refractivity (Wildman–Crippen MR) is 51.0 cm³/mol. The number of hydrogen-bond donors (Lipinski definition) is 1. The lowest BCUT2D eigenvalue weighted by atomic mass is 10.2. The number of carboxylic acid groups (broad SMARTS) is 1. The molecule has 1 aromatic carbocycles. The normalized spacial score (nSPS) is 9.67. The highest BCUT2D eigenvalue weighted by Gasteiger charge is 2.09. The number of non-ortho nitro benzene ring substituents is 1. The summed E-state index contributed by atoms with van der Waals surface area (Å²) in [4.78, 5) is 20.1. The first kappa shape index (κ1) is 11.0. The number of aryl methyl sites for hydroxylation is 1. The largest absolute Gasteiger partial charge is 0.482 e. The van der Waals surface area contributed by atoms with Gasteiger partial charge in [-0.05, 0) is 18.6 Å². The molecule has 0 aromatic heterocycles. The van der Waals surface area contributed by atoms with Gasteiger partial charge in [0.05, 0.1) is 11.0 Å². The molecular weight excluding hydrogens is 202 g/mol. The number of hydrogen-bond acceptors (Lipinski definition) is 4. The zero-order valence-corrected chi connectivity index (χ0v) is 7.97. The number of rotatable bonds is 4. The standard InChI is InChI=1S/C9H9NO5/c1-6-2-7(10(13)14)4-8(3-6)15-5-9(11)12/h2-4H,5H2,1H3,(H,11,12). The zero-order valence-electron chi connectivity index (χ0n) is 7.97. The molecule has 15 heavy (non-hydrogen) atoms. The van der Waals surface area contributed by atoms with Crippen LogP contribution in [0.3, 0.4) is 0 Å². The van der Waals surface area contributed by atoms with Gasteiger partial charge in [-0.25, -0.2) is 4.79 Å². The van der Waals surface area contributed by atoms with E-state index in [1.54, 1.807) is 6.92 Å². The minimum absolute atomic E-state index is 0.115. The highest BCUT2D eigenvalue weighted by Crippen LogP contribution is 2.22. The molecule has 1 aromatic rings. The number of aliphatic carboxylic acids is 1. The number of nitro benzene ring substituents is 1. The summed E-state index contributed by atoms with van der Waals surface area (Å²) in [6, 6.07) is 4.11. The van der Waals surface area contributed by atoms with E-state index >= 15 is 0 Å². The molecule has 0 spiro atoms. The zero-order chi connectivity index (χ0) is 11.4. The highest BCUT2D eigenvalue weighted by atomic mass is 16.6. The average Bonchev–Trinajstić information content (AvgIpc) is 2.13. The molecule has 80 valence electrons. The summed E-state index contributed by atoms with van der Waals surface area (Å²) in [5.74, 6) is -0.941. The molecular formula is C9H9NO5. The molecule has 0 saturated heterocycles. The third-order valence-electron chi connectivity index (χ3n) is 1.61. The van der Waals surface area contributed by atoms with Gasteiger partial charge in [0.2, 0.25) is 0 Å². The van der Waals surface area contributed by atoms with Gasteiger partial charge in [0, 0.05) is 6.07 Å². The number of nitrogens with zero attached hydrogens (tertiary/aromatic N) is 1. The molecule has 1 rings (SSSR count). The van der Waals surface area contributed by atoms with Gasteiger partial charge in [0.25, 0.3) is 5.69 Å². The molecule has 0 saturated carbocycles. The number of carbonyl (C=O) groups is 1. The number of nitro groups is 1. The van der Waals surface area contributed by atoms with Crippen molar-refractivity contribution in [1.82, 2.24) is 0 Å². The third-order valence-corrected chi connectivity index (χ3v) is 1.61. The van der Waals surface area contributed by atoms with Gasteiger partial charge < -0.3 is 9.84 Å². The van der Waals surface area contributed by atoms with Gasteiger partial charge in [-0.2, -0.15) is 0 Å². The Balaban J connectivity index is 2.88. The van der Waals surface area contributed by atoms with Crippen molar-refractivity contribution in [3.05, 3.63) is 33.9 Å². The van der Waals surface area contributed by atoms with Crippen LogP contribution >= 0.6 is 0 Å². The van der Waals surface area contributed by atoms with Crippen LogP contribution < -0.4 is 4.74 Å². The van der Waals surface area contributed by atoms with Crippen LogP contribution in [-0.4, -0.2) is 22.6 Å². The fourth-order valence-corrected chi connectivity index (χ4v) is 1.06. The Bertz CT molecular complexity index is 401. The molecule has 0 atom stereocenters. The van der Waals surface area contributed by atoms with Gasteiger partial charge in [-0.1, -0.05) is 0 Å². The lowest BCUT2D eigenvalue weighted by Crippen LogP contribution is -2.09. The molecule has 0 unspecified atom stereocenters. The van der Waals surface area contributed by atoms with Gasteiger partial charge >= 0.3 is 5.97 Å². The summed E-state index contributed by atoms with van der Waals surface area (Å²) in [7, 11) is 0. The van der Waals surface area contributed by atoms with Crippen LogP contribution in [0.1, 0.15) is 5.56 Å². The molecule has 0 amide bonds. The van der Waals surface area contributed by atoms with Gasteiger partial charge in [0.15, 0.2) is 6.61 Å². The van der Waals surface area contributed by atoms with Crippen LogP contribution in [0.15, 0.2) is 18.2 Å². The van der Waals surface area contributed by atoms with E-state index in [0.29, 0.717) is 5.56 Å². The molecule has 0 radical (unpaired) electrons. The summed E-state index contributed by atoms with van der Waals surface area (Å²) < 4.78 is 4.84. The van der Waals surface area contributed by atoms with Crippen molar-refractivity contribution in [2.24, 2.45) is 0 Å². The quantitative estimate of drug-likeness (QED) is 0.600. The lowest BCUT2D eigenvalue weighted by molar-refractivity contribution is -0.385. The average molecular weight is 211 g/mol. The van der Waals surface area contributed by atoms with E-state index in [-0.39, 0.29) is 11.4 Å². The van der Waals surface area contributed by atoms with E-state index in [9.17, 15) is 14.9 Å². The van der Waals surface area contributed by atoms with E-state index in [2.05, 4.69) is 0 Å². The Labute approximate surface area is 85.2 Å². The van der Waals surface area contributed by atoms with Crippen molar-refractivity contribution in [1.29, 1.82) is 0 Å². The van der Waals surface area contributed by atoms with Crippen molar-refractivity contribution in [2.75, 3.05) is 6.61 Å². The van der Waals surface area contributed by atoms with Crippen molar-refractivity contribution in [3.8, 4) is 5.75 Å². The lowest BCUT2D eigenvalue weighted by Gasteiger charge is -2.03. The van der Waals surface area contributed by atoms with Gasteiger partial charge in [-0.3, -0.25) is 10.1 Å². The maximum absolute atomic E-state index is 10.5. The van der Waals surface area contributed by atoms with E-state index < -0.39 is 17.5 Å². The molecule has 0 aliphatic heterocycles. The van der Waals surface area contributed by atoms with Crippen LogP contribution in [-0.2, 0) is 4.79 Å².